The molecule has 1 aliphatic rings. The first-order chi connectivity index (χ1) is 15.3. The van der Waals surface area contributed by atoms with Crippen LogP contribution in [0, 0.1) is 5.82 Å². The molecule has 2 aromatic carbocycles. The van der Waals surface area contributed by atoms with Gasteiger partial charge in [-0.3, -0.25) is 0 Å². The zero-order chi connectivity index (χ0) is 23.1. The number of hydrogen-bond acceptors (Lipinski definition) is 2. The largest absolute Gasteiger partial charge is 0.494 e. The van der Waals surface area contributed by atoms with Gasteiger partial charge in [0.1, 0.15) is 11.6 Å². The summed E-state index contributed by atoms with van der Waals surface area (Å²) in [5, 5.41) is 0. The lowest BCUT2D eigenvalue weighted by Crippen LogP contribution is -2.26. The van der Waals surface area contributed by atoms with Gasteiger partial charge >= 0.3 is 6.18 Å². The average molecular weight is 451 g/mol. The van der Waals surface area contributed by atoms with Crippen molar-refractivity contribution in [2.45, 2.75) is 64.1 Å². The van der Waals surface area contributed by atoms with E-state index < -0.39 is 17.6 Å². The van der Waals surface area contributed by atoms with E-state index in [1.165, 1.54) is 18.2 Å². The summed E-state index contributed by atoms with van der Waals surface area (Å²) in [5.74, 6) is -0.868. The molecule has 2 unspecified atom stereocenters. The highest BCUT2D eigenvalue weighted by atomic mass is 19.4. The summed E-state index contributed by atoms with van der Waals surface area (Å²) in [7, 11) is 0. The average Bonchev–Trinajstić information content (AvgIpc) is 2.77. The van der Waals surface area contributed by atoms with Crippen LogP contribution in [0.4, 0.5) is 17.6 Å². The number of hydrogen-bond donors (Lipinski definition) is 0. The maximum absolute atomic E-state index is 15.2. The fraction of sp³-hybridized carbons (Fsp3) is 0.462. The van der Waals surface area contributed by atoms with Gasteiger partial charge in [0.2, 0.25) is 0 Å². The van der Waals surface area contributed by atoms with E-state index in [0.717, 1.165) is 25.7 Å². The van der Waals surface area contributed by atoms with E-state index in [0.29, 0.717) is 24.3 Å². The number of halogens is 4. The molecule has 2 atom stereocenters. The Labute approximate surface area is 187 Å². The Balaban J connectivity index is 1.82. The van der Waals surface area contributed by atoms with Crippen LogP contribution in [0.1, 0.15) is 74.1 Å². The van der Waals surface area contributed by atoms with Crippen LogP contribution in [-0.2, 0) is 10.9 Å². The van der Waals surface area contributed by atoms with Crippen molar-refractivity contribution in [3.8, 4) is 5.75 Å². The fourth-order valence-electron chi connectivity index (χ4n) is 4.09. The van der Waals surface area contributed by atoms with Crippen molar-refractivity contribution in [1.29, 1.82) is 0 Å². The molecule has 1 aliphatic heterocycles. The molecule has 2 aromatic rings. The van der Waals surface area contributed by atoms with Crippen LogP contribution in [-0.4, -0.2) is 19.3 Å². The van der Waals surface area contributed by atoms with Crippen LogP contribution >= 0.6 is 0 Å². The summed E-state index contributed by atoms with van der Waals surface area (Å²) in [6, 6.07) is 9.81. The normalized spacial score (nSPS) is 19.4. The Hall–Kier alpha value is -2.34. The summed E-state index contributed by atoms with van der Waals surface area (Å²) >= 11 is 0. The monoisotopic (exact) mass is 450 g/mol. The molecule has 0 radical (unpaired) electrons. The van der Waals surface area contributed by atoms with Gasteiger partial charge in [0.15, 0.2) is 0 Å². The van der Waals surface area contributed by atoms with Gasteiger partial charge in [-0.25, -0.2) is 4.39 Å². The lowest BCUT2D eigenvalue weighted by atomic mass is 9.87. The van der Waals surface area contributed by atoms with Crippen LogP contribution in [0.3, 0.4) is 0 Å². The molecule has 0 aromatic heterocycles. The molecule has 0 aliphatic carbocycles. The highest BCUT2D eigenvalue weighted by Crippen LogP contribution is 2.40. The maximum atomic E-state index is 15.2. The second kappa shape index (κ2) is 11.0. The summed E-state index contributed by atoms with van der Waals surface area (Å²) in [6.07, 6.45) is 2.61. The first kappa shape index (κ1) is 24.3. The quantitative estimate of drug-likeness (QED) is 0.301. The van der Waals surface area contributed by atoms with Gasteiger partial charge in [0, 0.05) is 5.92 Å². The van der Waals surface area contributed by atoms with E-state index in [4.69, 9.17) is 9.47 Å². The Morgan fingerprint density at radius 2 is 1.78 bits per heavy atom. The number of unbranched alkanes of at least 4 members (excludes halogenated alkanes) is 1. The minimum absolute atomic E-state index is 0.0875. The van der Waals surface area contributed by atoms with Gasteiger partial charge < -0.3 is 9.47 Å². The van der Waals surface area contributed by atoms with Crippen molar-refractivity contribution in [2.24, 2.45) is 0 Å². The van der Waals surface area contributed by atoms with Crippen molar-refractivity contribution in [1.82, 2.24) is 0 Å². The molecule has 3 rings (SSSR count). The van der Waals surface area contributed by atoms with Crippen LogP contribution in [0.2, 0.25) is 0 Å². The smallest absolute Gasteiger partial charge is 0.419 e. The SMILES string of the molecule is CCCCC1CCC(c2ccc(/C=C/c3ccc(OCC)cc3)c(C(F)(F)F)c2F)CO1. The van der Waals surface area contributed by atoms with Crippen molar-refractivity contribution in [3.63, 3.8) is 0 Å². The number of rotatable bonds is 8. The van der Waals surface area contributed by atoms with E-state index >= 15 is 4.39 Å². The third-order valence-corrected chi connectivity index (χ3v) is 5.82. The molecular formula is C26H30F4O2. The molecule has 6 heteroatoms. The maximum Gasteiger partial charge on any atom is 0.419 e. The third kappa shape index (κ3) is 6.12. The number of ether oxygens (including phenoxy) is 2. The molecule has 1 fully saturated rings. The molecule has 1 saturated heterocycles. The predicted molar refractivity (Wildman–Crippen MR) is 119 cm³/mol. The standard InChI is InChI=1S/C26H30F4O2/c1-3-5-6-21-15-11-20(17-32-21)23-16-12-19(24(25(23)27)26(28,29)30)10-7-18-8-13-22(14-9-18)31-4-2/h7-10,12-14,16,20-21H,3-6,11,15,17H2,1-2H3/b10-7+. The molecule has 1 heterocycles. The third-order valence-electron chi connectivity index (χ3n) is 5.82. The van der Waals surface area contributed by atoms with E-state index in [2.05, 4.69) is 6.92 Å². The zero-order valence-electron chi connectivity index (χ0n) is 18.6. The highest BCUT2D eigenvalue weighted by molar-refractivity contribution is 5.72. The van der Waals surface area contributed by atoms with E-state index in [-0.39, 0.29) is 29.8 Å². The number of benzene rings is 2. The van der Waals surface area contributed by atoms with Crippen LogP contribution in [0.15, 0.2) is 36.4 Å². The van der Waals surface area contributed by atoms with Crippen LogP contribution < -0.4 is 4.74 Å². The predicted octanol–water partition coefficient (Wildman–Crippen LogP) is 7.87. The highest BCUT2D eigenvalue weighted by Gasteiger charge is 2.38. The molecule has 32 heavy (non-hydrogen) atoms. The first-order valence-electron chi connectivity index (χ1n) is 11.3. The molecule has 0 N–H and O–H groups in total. The lowest BCUT2D eigenvalue weighted by molar-refractivity contribution is -0.140. The topological polar surface area (TPSA) is 18.5 Å². The molecule has 2 nitrogen and oxygen atoms in total. The van der Waals surface area contributed by atoms with Crippen LogP contribution in [0.25, 0.3) is 12.2 Å². The first-order valence-corrected chi connectivity index (χ1v) is 11.3. The Morgan fingerprint density at radius 1 is 1.03 bits per heavy atom. The Bertz CT molecular complexity index is 895. The van der Waals surface area contributed by atoms with E-state index in [1.54, 1.807) is 30.3 Å². The Morgan fingerprint density at radius 3 is 2.38 bits per heavy atom. The Kier molecular flexibility index (Phi) is 8.35. The van der Waals surface area contributed by atoms with Crippen molar-refractivity contribution in [3.05, 3.63) is 64.5 Å². The molecule has 174 valence electrons. The van der Waals surface area contributed by atoms with Gasteiger partial charge in [-0.15, -0.1) is 0 Å². The van der Waals surface area contributed by atoms with Gasteiger partial charge in [0.25, 0.3) is 0 Å². The zero-order valence-corrected chi connectivity index (χ0v) is 18.6. The van der Waals surface area contributed by atoms with Gasteiger partial charge in [0.05, 0.1) is 24.9 Å². The second-order valence-corrected chi connectivity index (χ2v) is 8.14. The lowest BCUT2D eigenvalue weighted by Gasteiger charge is -2.30. The van der Waals surface area contributed by atoms with Gasteiger partial charge in [-0.1, -0.05) is 56.2 Å². The molecular weight excluding hydrogens is 420 g/mol. The van der Waals surface area contributed by atoms with E-state index in [9.17, 15) is 13.2 Å². The summed E-state index contributed by atoms with van der Waals surface area (Å²) in [4.78, 5) is 0. The summed E-state index contributed by atoms with van der Waals surface area (Å²) in [6.45, 7) is 4.76. The summed E-state index contributed by atoms with van der Waals surface area (Å²) in [5.41, 5.74) is -0.621. The molecule has 0 amide bonds. The molecule has 0 spiro atoms. The second-order valence-electron chi connectivity index (χ2n) is 8.14. The number of alkyl halides is 3. The van der Waals surface area contributed by atoms with Crippen molar-refractivity contribution in [2.75, 3.05) is 13.2 Å². The minimum atomic E-state index is -4.79. The van der Waals surface area contributed by atoms with Crippen LogP contribution in [0.5, 0.6) is 5.75 Å². The van der Waals surface area contributed by atoms with Gasteiger partial charge in [-0.2, -0.15) is 13.2 Å². The van der Waals surface area contributed by atoms with E-state index in [1.807, 2.05) is 6.92 Å². The minimum Gasteiger partial charge on any atom is -0.494 e. The van der Waals surface area contributed by atoms with Gasteiger partial charge in [-0.05, 0) is 55.0 Å². The summed E-state index contributed by atoms with van der Waals surface area (Å²) < 4.78 is 67.7. The van der Waals surface area contributed by atoms with Crippen molar-refractivity contribution >= 4 is 12.2 Å². The molecule has 0 bridgehead atoms. The fourth-order valence-corrected chi connectivity index (χ4v) is 4.09. The van der Waals surface area contributed by atoms with Crippen molar-refractivity contribution < 1.29 is 27.0 Å². The molecule has 0 saturated carbocycles.